The summed E-state index contributed by atoms with van der Waals surface area (Å²) in [6.45, 7) is 5.40. The maximum absolute atomic E-state index is 12.6. The van der Waals surface area contributed by atoms with Crippen molar-refractivity contribution in [2.45, 2.75) is 45.1 Å². The van der Waals surface area contributed by atoms with Crippen LogP contribution < -0.4 is 0 Å². The van der Waals surface area contributed by atoms with E-state index >= 15 is 0 Å². The Kier molecular flexibility index (Phi) is 4.30. The molecule has 0 aromatic carbocycles. The van der Waals surface area contributed by atoms with Gasteiger partial charge in [0.25, 0.3) is 5.91 Å². The minimum absolute atomic E-state index is 0.00361. The Morgan fingerprint density at radius 3 is 2.89 bits per heavy atom. The van der Waals surface area contributed by atoms with Crippen LogP contribution in [0.25, 0.3) is 0 Å². The summed E-state index contributed by atoms with van der Waals surface area (Å²) in [7, 11) is 1.70. The summed E-state index contributed by atoms with van der Waals surface area (Å²) in [5.41, 5.74) is -0.152. The lowest BCUT2D eigenvalue weighted by Gasteiger charge is -2.37. The fourth-order valence-electron chi connectivity index (χ4n) is 3.15. The Balaban J connectivity index is 2.23. The Bertz CT molecular complexity index is 432. The molecule has 1 aromatic rings. The maximum Gasteiger partial charge on any atom is 0.290 e. The van der Waals surface area contributed by atoms with Crippen LogP contribution in [-0.4, -0.2) is 36.6 Å². The van der Waals surface area contributed by atoms with Crippen LogP contribution in [0.1, 0.15) is 48.9 Å². The molecule has 0 unspecified atom stereocenters. The number of hydrogen-bond donors (Lipinski definition) is 0. The quantitative estimate of drug-likeness (QED) is 0.822. The number of carbonyl (C=O) groups excluding carboxylic acids is 1. The molecule has 0 saturated carbocycles. The molecule has 0 aliphatic carbocycles. The van der Waals surface area contributed by atoms with Crippen molar-refractivity contribution in [3.05, 3.63) is 23.7 Å². The minimum atomic E-state index is -0.152. The third kappa shape index (κ3) is 2.68. The van der Waals surface area contributed by atoms with Gasteiger partial charge in [-0.3, -0.25) is 4.79 Å². The monoisotopic (exact) mass is 265 g/mol. The molecule has 0 spiro atoms. The van der Waals surface area contributed by atoms with E-state index in [0.717, 1.165) is 38.0 Å². The predicted molar refractivity (Wildman–Crippen MR) is 73.2 cm³/mol. The van der Waals surface area contributed by atoms with Crippen molar-refractivity contribution in [2.75, 3.05) is 20.3 Å². The summed E-state index contributed by atoms with van der Waals surface area (Å²) in [5, 5.41) is 0. The third-order valence-electron chi connectivity index (χ3n) is 3.92. The van der Waals surface area contributed by atoms with E-state index in [2.05, 4.69) is 6.92 Å². The van der Waals surface area contributed by atoms with Crippen molar-refractivity contribution in [3.63, 3.8) is 0 Å². The molecule has 1 aliphatic heterocycles. The van der Waals surface area contributed by atoms with E-state index in [1.807, 2.05) is 17.9 Å². The van der Waals surface area contributed by atoms with Gasteiger partial charge in [-0.05, 0) is 38.3 Å². The van der Waals surface area contributed by atoms with Crippen LogP contribution >= 0.6 is 0 Å². The third-order valence-corrected chi connectivity index (χ3v) is 3.92. The van der Waals surface area contributed by atoms with Gasteiger partial charge < -0.3 is 14.1 Å². The van der Waals surface area contributed by atoms with E-state index in [4.69, 9.17) is 9.15 Å². The molecule has 2 rings (SSSR count). The second kappa shape index (κ2) is 5.78. The highest BCUT2D eigenvalue weighted by atomic mass is 16.5. The standard InChI is InChI=1S/C15H23NO3/c1-4-8-15(11-18-3)9-5-10-16(15)14(17)13-7-6-12(2)19-13/h6-7H,4-5,8-11H2,1-3H3/t15-/m1/s1. The van der Waals surface area contributed by atoms with Crippen molar-refractivity contribution < 1.29 is 13.9 Å². The second-order valence-corrected chi connectivity index (χ2v) is 5.38. The number of nitrogens with zero attached hydrogens (tertiary/aromatic N) is 1. The number of likely N-dealkylation sites (tertiary alicyclic amines) is 1. The lowest BCUT2D eigenvalue weighted by atomic mass is 9.91. The van der Waals surface area contributed by atoms with Crippen molar-refractivity contribution in [1.82, 2.24) is 4.90 Å². The molecule has 0 bridgehead atoms. The summed E-state index contributed by atoms with van der Waals surface area (Å²) < 4.78 is 10.9. The first-order chi connectivity index (χ1) is 9.13. The molecule has 4 nitrogen and oxygen atoms in total. The van der Waals surface area contributed by atoms with Crippen molar-refractivity contribution >= 4 is 5.91 Å². The van der Waals surface area contributed by atoms with Crippen LogP contribution in [0.3, 0.4) is 0 Å². The van der Waals surface area contributed by atoms with Gasteiger partial charge in [-0.15, -0.1) is 0 Å². The highest BCUT2D eigenvalue weighted by molar-refractivity contribution is 5.92. The van der Waals surface area contributed by atoms with Gasteiger partial charge >= 0.3 is 0 Å². The SMILES string of the molecule is CCC[C@]1(COC)CCCN1C(=O)c1ccc(C)o1. The molecule has 1 aliphatic rings. The number of ether oxygens (including phenoxy) is 1. The Hall–Kier alpha value is -1.29. The molecule has 1 amide bonds. The number of methoxy groups -OCH3 is 1. The zero-order valence-corrected chi connectivity index (χ0v) is 12.1. The van der Waals surface area contributed by atoms with Gasteiger partial charge in [-0.2, -0.15) is 0 Å². The molecular weight excluding hydrogens is 242 g/mol. The molecule has 1 atom stereocenters. The zero-order valence-electron chi connectivity index (χ0n) is 12.1. The number of carbonyl (C=O) groups is 1. The Morgan fingerprint density at radius 2 is 2.32 bits per heavy atom. The fourth-order valence-corrected chi connectivity index (χ4v) is 3.15. The highest BCUT2D eigenvalue weighted by Gasteiger charge is 2.43. The molecule has 19 heavy (non-hydrogen) atoms. The van der Waals surface area contributed by atoms with Crippen LogP contribution in [0.15, 0.2) is 16.5 Å². The number of furan rings is 1. The van der Waals surface area contributed by atoms with Crippen LogP contribution in [0.4, 0.5) is 0 Å². The van der Waals surface area contributed by atoms with Gasteiger partial charge in [-0.25, -0.2) is 0 Å². The van der Waals surface area contributed by atoms with Gasteiger partial charge in [0.1, 0.15) is 5.76 Å². The summed E-state index contributed by atoms with van der Waals surface area (Å²) in [4.78, 5) is 14.6. The van der Waals surface area contributed by atoms with E-state index in [-0.39, 0.29) is 11.4 Å². The molecule has 2 heterocycles. The Morgan fingerprint density at radius 1 is 1.53 bits per heavy atom. The zero-order chi connectivity index (χ0) is 13.9. The van der Waals surface area contributed by atoms with Gasteiger partial charge in [0.15, 0.2) is 5.76 Å². The lowest BCUT2D eigenvalue weighted by molar-refractivity contribution is 0.0232. The number of amides is 1. The number of aryl methyl sites for hydroxylation is 1. The van der Waals surface area contributed by atoms with Gasteiger partial charge in [0, 0.05) is 13.7 Å². The topological polar surface area (TPSA) is 42.7 Å². The number of rotatable bonds is 5. The molecule has 106 valence electrons. The first-order valence-electron chi connectivity index (χ1n) is 7.00. The molecule has 1 fully saturated rings. The normalized spacial score (nSPS) is 23.0. The van der Waals surface area contributed by atoms with E-state index < -0.39 is 0 Å². The van der Waals surface area contributed by atoms with Gasteiger partial charge in [0.2, 0.25) is 0 Å². The van der Waals surface area contributed by atoms with Gasteiger partial charge in [0.05, 0.1) is 12.1 Å². The van der Waals surface area contributed by atoms with Crippen molar-refractivity contribution in [3.8, 4) is 0 Å². The summed E-state index contributed by atoms with van der Waals surface area (Å²) in [6, 6.07) is 3.60. The number of hydrogen-bond acceptors (Lipinski definition) is 3. The molecular formula is C15H23NO3. The van der Waals surface area contributed by atoms with Crippen molar-refractivity contribution in [2.24, 2.45) is 0 Å². The van der Waals surface area contributed by atoms with Gasteiger partial charge in [-0.1, -0.05) is 13.3 Å². The van der Waals surface area contributed by atoms with E-state index in [0.29, 0.717) is 12.4 Å². The van der Waals surface area contributed by atoms with E-state index in [1.54, 1.807) is 13.2 Å². The summed E-state index contributed by atoms with van der Waals surface area (Å²) >= 11 is 0. The molecule has 0 radical (unpaired) electrons. The Labute approximate surface area is 114 Å². The lowest BCUT2D eigenvalue weighted by Crippen LogP contribution is -2.50. The second-order valence-electron chi connectivity index (χ2n) is 5.38. The highest BCUT2D eigenvalue weighted by Crippen LogP contribution is 2.35. The summed E-state index contributed by atoms with van der Waals surface area (Å²) in [6.07, 6.45) is 4.07. The fraction of sp³-hybridized carbons (Fsp3) is 0.667. The summed E-state index contributed by atoms with van der Waals surface area (Å²) in [5.74, 6) is 1.21. The molecule has 0 N–H and O–H groups in total. The first kappa shape index (κ1) is 14.1. The minimum Gasteiger partial charge on any atom is -0.456 e. The van der Waals surface area contributed by atoms with Crippen molar-refractivity contribution in [1.29, 1.82) is 0 Å². The predicted octanol–water partition coefficient (Wildman–Crippen LogP) is 3.01. The van der Waals surface area contributed by atoms with Crippen LogP contribution in [0.2, 0.25) is 0 Å². The average Bonchev–Trinajstić information content (AvgIpc) is 2.97. The first-order valence-corrected chi connectivity index (χ1v) is 7.00. The maximum atomic E-state index is 12.6. The van der Waals surface area contributed by atoms with Crippen LogP contribution in [-0.2, 0) is 4.74 Å². The molecule has 1 aromatic heterocycles. The average molecular weight is 265 g/mol. The van der Waals surface area contributed by atoms with E-state index in [1.165, 1.54) is 0 Å². The van der Waals surface area contributed by atoms with Crippen LogP contribution in [0, 0.1) is 6.92 Å². The van der Waals surface area contributed by atoms with Crippen LogP contribution in [0.5, 0.6) is 0 Å². The molecule has 4 heteroatoms. The largest absolute Gasteiger partial charge is 0.456 e. The molecule has 1 saturated heterocycles. The van der Waals surface area contributed by atoms with E-state index in [9.17, 15) is 4.79 Å². The smallest absolute Gasteiger partial charge is 0.290 e.